The van der Waals surface area contributed by atoms with Gasteiger partial charge in [0.1, 0.15) is 11.6 Å². The Morgan fingerprint density at radius 2 is 2.12 bits per heavy atom. The van der Waals surface area contributed by atoms with Gasteiger partial charge in [-0.1, -0.05) is 12.5 Å². The Labute approximate surface area is 151 Å². The van der Waals surface area contributed by atoms with Crippen LogP contribution in [0.5, 0.6) is 0 Å². The van der Waals surface area contributed by atoms with Gasteiger partial charge >= 0.3 is 6.03 Å². The minimum absolute atomic E-state index is 0.0373. The summed E-state index contributed by atoms with van der Waals surface area (Å²) in [6.45, 7) is 2.38. The highest BCUT2D eigenvalue weighted by atomic mass is 19.1. The lowest BCUT2D eigenvalue weighted by Gasteiger charge is -2.24. The molecule has 2 amide bonds. The normalized spacial score (nSPS) is 18.2. The van der Waals surface area contributed by atoms with Crippen LogP contribution in [0.25, 0.3) is 0 Å². The number of anilines is 1. The summed E-state index contributed by atoms with van der Waals surface area (Å²) in [7, 11) is 0. The number of likely N-dealkylation sites (tertiary alicyclic amines) is 1. The van der Waals surface area contributed by atoms with Crippen LogP contribution < -0.4 is 10.6 Å². The van der Waals surface area contributed by atoms with E-state index in [9.17, 15) is 13.6 Å². The van der Waals surface area contributed by atoms with E-state index in [1.54, 1.807) is 6.20 Å². The summed E-state index contributed by atoms with van der Waals surface area (Å²) < 4.78 is 26.6. The van der Waals surface area contributed by atoms with E-state index in [-0.39, 0.29) is 11.7 Å². The van der Waals surface area contributed by atoms with Gasteiger partial charge in [0.15, 0.2) is 0 Å². The third kappa shape index (κ3) is 5.23. The first-order valence-electron chi connectivity index (χ1n) is 8.75. The van der Waals surface area contributed by atoms with Crippen LogP contribution in [0.2, 0.25) is 0 Å². The molecule has 3 rings (SSSR count). The van der Waals surface area contributed by atoms with Gasteiger partial charge in [0.25, 0.3) is 0 Å². The summed E-state index contributed by atoms with van der Waals surface area (Å²) in [5, 5.41) is 5.34. The summed E-state index contributed by atoms with van der Waals surface area (Å²) >= 11 is 0. The number of urea groups is 1. The molecule has 2 heterocycles. The Morgan fingerprint density at radius 1 is 1.23 bits per heavy atom. The number of hydrogen-bond acceptors (Lipinski definition) is 3. The monoisotopic (exact) mass is 360 g/mol. The van der Waals surface area contributed by atoms with Crippen molar-refractivity contribution >= 4 is 11.7 Å². The lowest BCUT2D eigenvalue weighted by Crippen LogP contribution is -2.44. The molecular weight excluding hydrogens is 338 g/mol. The lowest BCUT2D eigenvalue weighted by atomic mass is 10.1. The van der Waals surface area contributed by atoms with E-state index in [1.807, 2.05) is 18.2 Å². The van der Waals surface area contributed by atoms with Gasteiger partial charge in [0, 0.05) is 31.4 Å². The van der Waals surface area contributed by atoms with Crippen molar-refractivity contribution in [3.05, 3.63) is 59.9 Å². The SMILES string of the molecule is O=C(Nc1ccc(F)cc1F)N[C@H]1CCCCN(Cc2ccccn2)C1. The molecule has 1 atom stereocenters. The number of carbonyl (C=O) groups excluding carboxylic acids is 1. The molecule has 0 bridgehead atoms. The molecule has 1 saturated heterocycles. The van der Waals surface area contributed by atoms with Crippen LogP contribution in [0.4, 0.5) is 19.3 Å². The molecule has 1 aliphatic rings. The summed E-state index contributed by atoms with van der Waals surface area (Å²) in [4.78, 5) is 18.8. The quantitative estimate of drug-likeness (QED) is 0.877. The minimum Gasteiger partial charge on any atom is -0.334 e. The van der Waals surface area contributed by atoms with Gasteiger partial charge in [-0.05, 0) is 43.7 Å². The summed E-state index contributed by atoms with van der Waals surface area (Å²) in [5.74, 6) is -1.47. The summed E-state index contributed by atoms with van der Waals surface area (Å²) in [5.41, 5.74) is 0.953. The molecule has 2 aromatic rings. The maximum absolute atomic E-state index is 13.7. The van der Waals surface area contributed by atoms with Gasteiger partial charge < -0.3 is 10.6 Å². The van der Waals surface area contributed by atoms with Gasteiger partial charge in [-0.3, -0.25) is 9.88 Å². The van der Waals surface area contributed by atoms with Gasteiger partial charge in [0.2, 0.25) is 0 Å². The van der Waals surface area contributed by atoms with E-state index in [2.05, 4.69) is 20.5 Å². The van der Waals surface area contributed by atoms with Crippen molar-refractivity contribution in [2.75, 3.05) is 18.4 Å². The molecule has 1 aromatic carbocycles. The molecule has 0 radical (unpaired) electrons. The fourth-order valence-corrected chi connectivity index (χ4v) is 3.14. The molecular formula is C19H22F2N4O. The summed E-state index contributed by atoms with van der Waals surface area (Å²) in [6, 6.07) is 8.37. The second-order valence-corrected chi connectivity index (χ2v) is 6.47. The van der Waals surface area contributed by atoms with Crippen LogP contribution in [0.15, 0.2) is 42.6 Å². The van der Waals surface area contributed by atoms with Crippen molar-refractivity contribution in [2.24, 2.45) is 0 Å². The molecule has 0 unspecified atom stereocenters. The molecule has 0 aliphatic carbocycles. The number of benzene rings is 1. The van der Waals surface area contributed by atoms with Crippen LogP contribution in [0, 0.1) is 11.6 Å². The molecule has 2 N–H and O–H groups in total. The Kier molecular flexibility index (Phi) is 6.12. The largest absolute Gasteiger partial charge is 0.334 e. The second-order valence-electron chi connectivity index (χ2n) is 6.47. The second kappa shape index (κ2) is 8.71. The average Bonchev–Trinajstić information content (AvgIpc) is 2.83. The lowest BCUT2D eigenvalue weighted by molar-refractivity contribution is 0.231. The highest BCUT2D eigenvalue weighted by molar-refractivity contribution is 5.89. The molecule has 0 saturated carbocycles. The van der Waals surface area contributed by atoms with E-state index in [4.69, 9.17) is 0 Å². The number of carbonyl (C=O) groups is 1. The highest BCUT2D eigenvalue weighted by Gasteiger charge is 2.20. The maximum atomic E-state index is 13.7. The number of halogens is 2. The van der Waals surface area contributed by atoms with Gasteiger partial charge in [0.05, 0.1) is 11.4 Å². The maximum Gasteiger partial charge on any atom is 0.319 e. The molecule has 7 heteroatoms. The molecule has 138 valence electrons. The van der Waals surface area contributed by atoms with Crippen LogP contribution >= 0.6 is 0 Å². The van der Waals surface area contributed by atoms with Crippen LogP contribution in [0.1, 0.15) is 25.0 Å². The van der Waals surface area contributed by atoms with Crippen molar-refractivity contribution in [1.82, 2.24) is 15.2 Å². The molecule has 1 fully saturated rings. The predicted octanol–water partition coefficient (Wildman–Crippen LogP) is 3.54. The standard InChI is InChI=1S/C19H22F2N4O/c20-14-7-8-18(17(21)11-14)24-19(26)23-16-6-2-4-10-25(13-16)12-15-5-1-3-9-22-15/h1,3,5,7-9,11,16H,2,4,6,10,12-13H2,(H2,23,24,26)/t16-/m0/s1. The number of amides is 2. The van der Waals surface area contributed by atoms with Crippen molar-refractivity contribution in [2.45, 2.75) is 31.8 Å². The number of nitrogens with zero attached hydrogens (tertiary/aromatic N) is 2. The zero-order valence-corrected chi connectivity index (χ0v) is 14.4. The highest BCUT2D eigenvalue weighted by Crippen LogP contribution is 2.16. The van der Waals surface area contributed by atoms with E-state index in [0.717, 1.165) is 50.2 Å². The number of pyridine rings is 1. The van der Waals surface area contributed by atoms with Crippen molar-refractivity contribution in [3.8, 4) is 0 Å². The Balaban J connectivity index is 1.56. The van der Waals surface area contributed by atoms with Crippen LogP contribution in [-0.2, 0) is 6.54 Å². The molecule has 5 nitrogen and oxygen atoms in total. The number of nitrogens with one attached hydrogen (secondary N) is 2. The fraction of sp³-hybridized carbons (Fsp3) is 0.368. The molecule has 1 aromatic heterocycles. The fourth-order valence-electron chi connectivity index (χ4n) is 3.14. The van der Waals surface area contributed by atoms with Crippen LogP contribution in [-0.4, -0.2) is 35.0 Å². The number of hydrogen-bond donors (Lipinski definition) is 2. The Bertz CT molecular complexity index is 742. The number of aromatic nitrogens is 1. The summed E-state index contributed by atoms with van der Waals surface area (Å²) in [6.07, 6.45) is 4.69. The topological polar surface area (TPSA) is 57.3 Å². The molecule has 0 spiro atoms. The Hall–Kier alpha value is -2.54. The van der Waals surface area contributed by atoms with Crippen molar-refractivity contribution < 1.29 is 13.6 Å². The molecule has 1 aliphatic heterocycles. The number of rotatable bonds is 4. The van der Waals surface area contributed by atoms with E-state index in [1.165, 1.54) is 6.07 Å². The van der Waals surface area contributed by atoms with E-state index >= 15 is 0 Å². The third-order valence-electron chi connectivity index (χ3n) is 4.38. The first-order valence-corrected chi connectivity index (χ1v) is 8.75. The smallest absolute Gasteiger partial charge is 0.319 e. The third-order valence-corrected chi connectivity index (χ3v) is 4.38. The van der Waals surface area contributed by atoms with Gasteiger partial charge in [-0.25, -0.2) is 13.6 Å². The van der Waals surface area contributed by atoms with Crippen LogP contribution in [0.3, 0.4) is 0 Å². The zero-order valence-electron chi connectivity index (χ0n) is 14.4. The minimum atomic E-state index is -0.794. The first-order chi connectivity index (χ1) is 12.6. The van der Waals surface area contributed by atoms with Crippen molar-refractivity contribution in [3.63, 3.8) is 0 Å². The zero-order chi connectivity index (χ0) is 18.4. The van der Waals surface area contributed by atoms with E-state index < -0.39 is 17.7 Å². The van der Waals surface area contributed by atoms with Gasteiger partial charge in [-0.15, -0.1) is 0 Å². The average molecular weight is 360 g/mol. The first kappa shape index (κ1) is 18.3. The molecule has 26 heavy (non-hydrogen) atoms. The van der Waals surface area contributed by atoms with Crippen molar-refractivity contribution in [1.29, 1.82) is 0 Å². The van der Waals surface area contributed by atoms with Gasteiger partial charge in [-0.2, -0.15) is 0 Å². The Morgan fingerprint density at radius 3 is 2.88 bits per heavy atom. The van der Waals surface area contributed by atoms with E-state index in [0.29, 0.717) is 6.54 Å². The predicted molar refractivity (Wildman–Crippen MR) is 95.7 cm³/mol.